The molecule has 0 heterocycles. The molecular weight excluding hydrogens is 451 g/mol. The summed E-state index contributed by atoms with van der Waals surface area (Å²) in [4.78, 5) is 24.0. The molecule has 0 spiro atoms. The summed E-state index contributed by atoms with van der Waals surface area (Å²) in [5, 5.41) is 14.3. The second-order valence-corrected chi connectivity index (χ2v) is 9.86. The number of alkyl halides is 3. The Bertz CT molecular complexity index is 778. The zero-order chi connectivity index (χ0) is 25.4. The van der Waals surface area contributed by atoms with Gasteiger partial charge >= 0.3 is 18.2 Å². The molecular formula is C24H36F3N3O4. The SMILES string of the molecule is CC(C)(C)OC(=O)NN(CC1CCCCC1)CC(O)C(Cc1ccccc1)NC(=O)C(F)(F)F. The molecule has 2 atom stereocenters. The number of aliphatic hydroxyl groups excluding tert-OH is 1. The maximum Gasteiger partial charge on any atom is 0.471 e. The maximum atomic E-state index is 12.9. The molecule has 1 fully saturated rings. The summed E-state index contributed by atoms with van der Waals surface area (Å²) in [5.74, 6) is -1.85. The Morgan fingerprint density at radius 1 is 1.12 bits per heavy atom. The number of hydrazine groups is 1. The van der Waals surface area contributed by atoms with Crippen molar-refractivity contribution < 1.29 is 32.6 Å². The van der Waals surface area contributed by atoms with Crippen LogP contribution in [0.3, 0.4) is 0 Å². The molecule has 1 aromatic rings. The lowest BCUT2D eigenvalue weighted by Gasteiger charge is -2.34. The van der Waals surface area contributed by atoms with Crippen molar-refractivity contribution in [1.29, 1.82) is 0 Å². The molecule has 0 bridgehead atoms. The van der Waals surface area contributed by atoms with Crippen LogP contribution in [-0.4, -0.2) is 59.1 Å². The number of ether oxygens (including phenoxy) is 1. The second kappa shape index (κ2) is 12.4. The maximum absolute atomic E-state index is 12.9. The van der Waals surface area contributed by atoms with Crippen molar-refractivity contribution in [2.75, 3.05) is 13.1 Å². The normalized spacial score (nSPS) is 17.2. The van der Waals surface area contributed by atoms with Gasteiger partial charge in [0.15, 0.2) is 0 Å². The summed E-state index contributed by atoms with van der Waals surface area (Å²) in [5.41, 5.74) is 2.55. The Labute approximate surface area is 199 Å². The van der Waals surface area contributed by atoms with Crippen LogP contribution < -0.4 is 10.7 Å². The van der Waals surface area contributed by atoms with Crippen molar-refractivity contribution in [3.05, 3.63) is 35.9 Å². The molecule has 1 saturated carbocycles. The molecule has 2 rings (SSSR count). The van der Waals surface area contributed by atoms with Gasteiger partial charge in [0.2, 0.25) is 0 Å². The van der Waals surface area contributed by atoms with Gasteiger partial charge in [0.05, 0.1) is 12.1 Å². The molecule has 7 nitrogen and oxygen atoms in total. The lowest BCUT2D eigenvalue weighted by molar-refractivity contribution is -0.175. The van der Waals surface area contributed by atoms with E-state index in [-0.39, 0.29) is 18.9 Å². The van der Waals surface area contributed by atoms with Gasteiger partial charge in [0, 0.05) is 13.1 Å². The Hall–Kier alpha value is -2.33. The number of carbonyl (C=O) groups excluding carboxylic acids is 2. The van der Waals surface area contributed by atoms with Gasteiger partial charge in [-0.05, 0) is 51.5 Å². The second-order valence-electron chi connectivity index (χ2n) is 9.86. The molecule has 0 aliphatic heterocycles. The van der Waals surface area contributed by atoms with Crippen molar-refractivity contribution in [3.63, 3.8) is 0 Å². The van der Waals surface area contributed by atoms with E-state index in [1.165, 1.54) is 5.01 Å². The van der Waals surface area contributed by atoms with Gasteiger partial charge in [0.25, 0.3) is 0 Å². The van der Waals surface area contributed by atoms with E-state index in [2.05, 4.69) is 5.43 Å². The van der Waals surface area contributed by atoms with Crippen molar-refractivity contribution in [1.82, 2.24) is 15.8 Å². The van der Waals surface area contributed by atoms with E-state index in [1.54, 1.807) is 51.1 Å². The average molecular weight is 488 g/mol. The Balaban J connectivity index is 2.16. The largest absolute Gasteiger partial charge is 0.471 e. The Morgan fingerprint density at radius 3 is 2.29 bits per heavy atom. The summed E-state index contributed by atoms with van der Waals surface area (Å²) in [6.07, 6.45) is -2.00. The molecule has 1 aromatic carbocycles. The molecule has 3 N–H and O–H groups in total. The van der Waals surface area contributed by atoms with E-state index in [0.29, 0.717) is 12.1 Å². The Kier molecular flexibility index (Phi) is 10.2. The van der Waals surface area contributed by atoms with E-state index in [1.807, 2.05) is 5.32 Å². The van der Waals surface area contributed by atoms with Crippen molar-refractivity contribution in [2.24, 2.45) is 5.92 Å². The molecule has 0 saturated heterocycles. The highest BCUT2D eigenvalue weighted by Gasteiger charge is 2.41. The van der Waals surface area contributed by atoms with Gasteiger partial charge in [0.1, 0.15) is 5.60 Å². The summed E-state index contributed by atoms with van der Waals surface area (Å²) in [7, 11) is 0. The van der Waals surface area contributed by atoms with Crippen LogP contribution in [0, 0.1) is 5.92 Å². The zero-order valence-corrected chi connectivity index (χ0v) is 20.0. The monoisotopic (exact) mass is 487 g/mol. The van der Waals surface area contributed by atoms with Gasteiger partial charge in [-0.3, -0.25) is 10.2 Å². The number of nitrogens with zero attached hydrogens (tertiary/aromatic N) is 1. The van der Waals surface area contributed by atoms with Crippen LogP contribution >= 0.6 is 0 Å². The van der Waals surface area contributed by atoms with Gasteiger partial charge < -0.3 is 15.2 Å². The summed E-state index contributed by atoms with van der Waals surface area (Å²) in [6, 6.07) is 7.41. The van der Waals surface area contributed by atoms with Crippen molar-refractivity contribution in [3.8, 4) is 0 Å². The first-order valence-electron chi connectivity index (χ1n) is 11.7. The average Bonchev–Trinajstić information content (AvgIpc) is 2.72. The van der Waals surface area contributed by atoms with Gasteiger partial charge in [-0.15, -0.1) is 0 Å². The number of nitrogens with one attached hydrogen (secondary N) is 2. The molecule has 2 unspecified atom stereocenters. The summed E-state index contributed by atoms with van der Waals surface area (Å²) >= 11 is 0. The van der Waals surface area contributed by atoms with E-state index in [4.69, 9.17) is 4.74 Å². The first-order chi connectivity index (χ1) is 15.8. The number of amides is 2. The predicted octanol–water partition coefficient (Wildman–Crippen LogP) is 3.96. The van der Waals surface area contributed by atoms with Gasteiger partial charge in [-0.25, -0.2) is 9.80 Å². The van der Waals surface area contributed by atoms with Crippen LogP contribution in [0.2, 0.25) is 0 Å². The lowest BCUT2D eigenvalue weighted by atomic mass is 9.89. The number of aliphatic hydroxyl groups is 1. The molecule has 1 aliphatic carbocycles. The minimum Gasteiger partial charge on any atom is -0.443 e. The van der Waals surface area contributed by atoms with Crippen LogP contribution in [0.5, 0.6) is 0 Å². The van der Waals surface area contributed by atoms with Crippen LogP contribution in [0.15, 0.2) is 30.3 Å². The van der Waals surface area contributed by atoms with E-state index in [0.717, 1.165) is 32.1 Å². The van der Waals surface area contributed by atoms with Crippen molar-refractivity contribution >= 4 is 12.0 Å². The predicted molar refractivity (Wildman–Crippen MR) is 122 cm³/mol. The number of hydrogen-bond donors (Lipinski definition) is 3. The molecule has 192 valence electrons. The summed E-state index contributed by atoms with van der Waals surface area (Å²) in [6.45, 7) is 5.40. The lowest BCUT2D eigenvalue weighted by Crippen LogP contribution is -2.56. The standard InChI is InChI=1S/C24H36F3N3O4/c1-23(2,3)34-22(33)29-30(15-18-12-8-5-9-13-18)16-20(31)19(28-21(32)24(25,26)27)14-17-10-6-4-7-11-17/h4,6-7,10-11,18-20,31H,5,8-9,12-16H2,1-3H3,(H,28,32)(H,29,33). The molecule has 10 heteroatoms. The van der Waals surface area contributed by atoms with Gasteiger partial charge in [-0.1, -0.05) is 49.6 Å². The highest BCUT2D eigenvalue weighted by molar-refractivity contribution is 5.82. The number of rotatable bonds is 9. The number of benzene rings is 1. The van der Waals surface area contributed by atoms with Crippen LogP contribution in [0.25, 0.3) is 0 Å². The number of halogens is 3. The quantitative estimate of drug-likeness (QED) is 0.459. The van der Waals surface area contributed by atoms with E-state index >= 15 is 0 Å². The third kappa shape index (κ3) is 10.3. The van der Waals surface area contributed by atoms with Crippen LogP contribution in [-0.2, 0) is 16.0 Å². The fourth-order valence-corrected chi connectivity index (χ4v) is 4.03. The van der Waals surface area contributed by atoms with E-state index < -0.39 is 35.9 Å². The first-order valence-corrected chi connectivity index (χ1v) is 11.7. The molecule has 0 aromatic heterocycles. The third-order valence-corrected chi connectivity index (χ3v) is 5.60. The van der Waals surface area contributed by atoms with Gasteiger partial charge in [-0.2, -0.15) is 13.2 Å². The minimum absolute atomic E-state index is 0.00642. The first kappa shape index (κ1) is 27.9. The topological polar surface area (TPSA) is 90.9 Å². The van der Waals surface area contributed by atoms with Crippen LogP contribution in [0.4, 0.5) is 18.0 Å². The zero-order valence-electron chi connectivity index (χ0n) is 20.0. The molecule has 34 heavy (non-hydrogen) atoms. The molecule has 2 amide bonds. The van der Waals surface area contributed by atoms with Crippen LogP contribution in [0.1, 0.15) is 58.4 Å². The van der Waals surface area contributed by atoms with E-state index in [9.17, 15) is 27.9 Å². The number of carbonyl (C=O) groups is 2. The fraction of sp³-hybridized carbons (Fsp3) is 0.667. The summed E-state index contributed by atoms with van der Waals surface area (Å²) < 4.78 is 44.1. The smallest absolute Gasteiger partial charge is 0.443 e. The third-order valence-electron chi connectivity index (χ3n) is 5.60. The number of hydrogen-bond acceptors (Lipinski definition) is 5. The highest BCUT2D eigenvalue weighted by atomic mass is 19.4. The Morgan fingerprint density at radius 2 is 1.74 bits per heavy atom. The van der Waals surface area contributed by atoms with Crippen molar-refractivity contribution in [2.45, 2.75) is 83.2 Å². The highest BCUT2D eigenvalue weighted by Crippen LogP contribution is 2.24. The molecule has 0 radical (unpaired) electrons. The fourth-order valence-electron chi connectivity index (χ4n) is 4.03. The minimum atomic E-state index is -5.08. The molecule has 1 aliphatic rings.